The summed E-state index contributed by atoms with van der Waals surface area (Å²) in [5, 5.41) is 2.94. The van der Waals surface area contributed by atoms with E-state index in [1.165, 1.54) is 24.9 Å². The number of rotatable bonds is 7. The molecule has 2 amide bonds. The molecule has 0 aliphatic carbocycles. The fourth-order valence-electron chi connectivity index (χ4n) is 4.08. The van der Waals surface area contributed by atoms with Crippen molar-refractivity contribution in [3.63, 3.8) is 0 Å². The Labute approximate surface area is 186 Å². The van der Waals surface area contributed by atoms with Crippen molar-refractivity contribution in [1.29, 1.82) is 0 Å². The van der Waals surface area contributed by atoms with Gasteiger partial charge in [-0.05, 0) is 61.9 Å². The molecule has 1 unspecified atom stereocenters. The number of nitrogens with zero attached hydrogens (tertiary/aromatic N) is 2. The molecule has 1 aliphatic heterocycles. The van der Waals surface area contributed by atoms with Gasteiger partial charge in [0.15, 0.2) is 0 Å². The third kappa shape index (κ3) is 6.09. The van der Waals surface area contributed by atoms with Crippen molar-refractivity contribution >= 4 is 17.5 Å². The molecule has 1 aliphatic rings. The van der Waals surface area contributed by atoms with Crippen LogP contribution >= 0.6 is 0 Å². The lowest BCUT2D eigenvalue weighted by Crippen LogP contribution is -2.50. The van der Waals surface area contributed by atoms with Crippen molar-refractivity contribution in [2.24, 2.45) is 5.92 Å². The van der Waals surface area contributed by atoms with Crippen LogP contribution in [-0.2, 0) is 11.3 Å². The van der Waals surface area contributed by atoms with Crippen LogP contribution in [0.25, 0.3) is 0 Å². The normalized spacial score (nSPS) is 14.9. The SMILES string of the molecule is Cc1cccc(C(=O)NC(C(=O)N(C)Cc2ccc(N3CCCCC3)cc2)C(C)C)c1. The number of aryl methyl sites for hydroxylation is 1. The number of carbonyl (C=O) groups is 2. The molecule has 0 spiro atoms. The van der Waals surface area contributed by atoms with Crippen molar-refractivity contribution in [2.75, 3.05) is 25.0 Å². The van der Waals surface area contributed by atoms with Crippen molar-refractivity contribution in [2.45, 2.75) is 52.6 Å². The summed E-state index contributed by atoms with van der Waals surface area (Å²) in [6.45, 7) is 8.62. The quantitative estimate of drug-likeness (QED) is 0.721. The lowest BCUT2D eigenvalue weighted by atomic mass is 10.0. The number of hydrogen-bond donors (Lipinski definition) is 1. The zero-order valence-electron chi connectivity index (χ0n) is 19.2. The maximum atomic E-state index is 13.1. The molecule has 3 rings (SSSR count). The predicted molar refractivity (Wildman–Crippen MR) is 126 cm³/mol. The number of likely N-dealkylation sites (N-methyl/N-ethyl adjacent to an activating group) is 1. The van der Waals surface area contributed by atoms with E-state index in [-0.39, 0.29) is 17.7 Å². The highest BCUT2D eigenvalue weighted by molar-refractivity contribution is 5.97. The molecule has 5 heteroatoms. The van der Waals surface area contributed by atoms with Gasteiger partial charge in [-0.2, -0.15) is 0 Å². The molecule has 1 N–H and O–H groups in total. The number of hydrogen-bond acceptors (Lipinski definition) is 3. The molecule has 0 saturated carbocycles. The van der Waals surface area contributed by atoms with E-state index in [0.717, 1.165) is 24.2 Å². The number of amides is 2. The average Bonchev–Trinajstić information content (AvgIpc) is 2.77. The first kappa shape index (κ1) is 22.9. The van der Waals surface area contributed by atoms with Gasteiger partial charge in [0.2, 0.25) is 5.91 Å². The largest absolute Gasteiger partial charge is 0.372 e. The van der Waals surface area contributed by atoms with E-state index in [4.69, 9.17) is 0 Å². The van der Waals surface area contributed by atoms with Crippen LogP contribution in [0.2, 0.25) is 0 Å². The van der Waals surface area contributed by atoms with Gasteiger partial charge in [0.05, 0.1) is 0 Å². The maximum Gasteiger partial charge on any atom is 0.251 e. The first-order valence-corrected chi connectivity index (χ1v) is 11.3. The number of benzene rings is 2. The van der Waals surface area contributed by atoms with E-state index in [1.54, 1.807) is 18.0 Å². The van der Waals surface area contributed by atoms with E-state index < -0.39 is 6.04 Å². The van der Waals surface area contributed by atoms with Gasteiger partial charge >= 0.3 is 0 Å². The van der Waals surface area contributed by atoms with E-state index in [1.807, 2.05) is 39.0 Å². The Bertz CT molecular complexity index is 886. The molecule has 1 saturated heterocycles. The van der Waals surface area contributed by atoms with Gasteiger partial charge in [-0.1, -0.05) is 43.7 Å². The summed E-state index contributed by atoms with van der Waals surface area (Å²) >= 11 is 0. The third-order valence-corrected chi connectivity index (χ3v) is 5.95. The maximum absolute atomic E-state index is 13.1. The van der Waals surface area contributed by atoms with Gasteiger partial charge in [0, 0.05) is 37.9 Å². The smallest absolute Gasteiger partial charge is 0.251 e. The van der Waals surface area contributed by atoms with Crippen LogP contribution in [-0.4, -0.2) is 42.9 Å². The molecule has 2 aromatic carbocycles. The molecule has 1 heterocycles. The van der Waals surface area contributed by atoms with Crippen LogP contribution in [0.3, 0.4) is 0 Å². The monoisotopic (exact) mass is 421 g/mol. The van der Waals surface area contributed by atoms with E-state index >= 15 is 0 Å². The molecular weight excluding hydrogens is 386 g/mol. The fraction of sp³-hybridized carbons (Fsp3) is 0.462. The van der Waals surface area contributed by atoms with Crippen molar-refractivity contribution in [3.05, 3.63) is 65.2 Å². The molecule has 0 radical (unpaired) electrons. The van der Waals surface area contributed by atoms with Crippen LogP contribution in [0.1, 0.15) is 54.6 Å². The predicted octanol–water partition coefficient (Wildman–Crippen LogP) is 4.40. The number of carbonyl (C=O) groups excluding carboxylic acids is 2. The molecule has 5 nitrogen and oxygen atoms in total. The summed E-state index contributed by atoms with van der Waals surface area (Å²) in [5.41, 5.74) is 3.94. The highest BCUT2D eigenvalue weighted by Gasteiger charge is 2.27. The van der Waals surface area contributed by atoms with Crippen LogP contribution < -0.4 is 10.2 Å². The summed E-state index contributed by atoms with van der Waals surface area (Å²) < 4.78 is 0. The minimum atomic E-state index is -0.564. The number of nitrogens with one attached hydrogen (secondary N) is 1. The lowest BCUT2D eigenvalue weighted by Gasteiger charge is -2.29. The van der Waals surface area contributed by atoms with Gasteiger partial charge in [-0.3, -0.25) is 9.59 Å². The second-order valence-electron chi connectivity index (χ2n) is 8.97. The Balaban J connectivity index is 1.62. The van der Waals surface area contributed by atoms with Crippen LogP contribution in [0.5, 0.6) is 0 Å². The van der Waals surface area contributed by atoms with Crippen molar-refractivity contribution in [3.8, 4) is 0 Å². The van der Waals surface area contributed by atoms with Crippen LogP contribution in [0, 0.1) is 12.8 Å². The standard InChI is InChI=1S/C26H35N3O2/c1-19(2)24(27-25(30)22-10-8-9-20(3)17-22)26(31)28(4)18-21-11-13-23(14-12-21)29-15-6-5-7-16-29/h8-14,17,19,24H,5-7,15-16,18H2,1-4H3,(H,27,30). The van der Waals surface area contributed by atoms with E-state index in [9.17, 15) is 9.59 Å². The Morgan fingerprint density at radius 2 is 1.71 bits per heavy atom. The highest BCUT2D eigenvalue weighted by atomic mass is 16.2. The second kappa shape index (κ2) is 10.5. The minimum Gasteiger partial charge on any atom is -0.372 e. The van der Waals surface area contributed by atoms with Gasteiger partial charge in [-0.25, -0.2) is 0 Å². The highest BCUT2D eigenvalue weighted by Crippen LogP contribution is 2.21. The zero-order chi connectivity index (χ0) is 22.4. The third-order valence-electron chi connectivity index (χ3n) is 5.95. The summed E-state index contributed by atoms with van der Waals surface area (Å²) in [6.07, 6.45) is 3.83. The van der Waals surface area contributed by atoms with Gasteiger partial charge in [0.1, 0.15) is 6.04 Å². The first-order valence-electron chi connectivity index (χ1n) is 11.3. The van der Waals surface area contributed by atoms with Gasteiger partial charge in [-0.15, -0.1) is 0 Å². The Morgan fingerprint density at radius 3 is 2.32 bits per heavy atom. The van der Waals surface area contributed by atoms with Gasteiger partial charge < -0.3 is 15.1 Å². The van der Waals surface area contributed by atoms with E-state index in [0.29, 0.717) is 12.1 Å². The molecule has 1 fully saturated rings. The average molecular weight is 422 g/mol. The van der Waals surface area contributed by atoms with Crippen molar-refractivity contribution < 1.29 is 9.59 Å². The van der Waals surface area contributed by atoms with Crippen LogP contribution in [0.4, 0.5) is 5.69 Å². The molecule has 0 aromatic heterocycles. The van der Waals surface area contributed by atoms with Crippen molar-refractivity contribution in [1.82, 2.24) is 10.2 Å². The topological polar surface area (TPSA) is 52.7 Å². The molecule has 31 heavy (non-hydrogen) atoms. The lowest BCUT2D eigenvalue weighted by molar-refractivity contribution is -0.133. The Morgan fingerprint density at radius 1 is 1.03 bits per heavy atom. The van der Waals surface area contributed by atoms with Gasteiger partial charge in [0.25, 0.3) is 5.91 Å². The van der Waals surface area contributed by atoms with E-state index in [2.05, 4.69) is 34.5 Å². The Kier molecular flexibility index (Phi) is 7.72. The fourth-order valence-corrected chi connectivity index (χ4v) is 4.08. The Hall–Kier alpha value is -2.82. The zero-order valence-corrected chi connectivity index (χ0v) is 19.2. The minimum absolute atomic E-state index is 0.00909. The summed E-state index contributed by atoms with van der Waals surface area (Å²) in [7, 11) is 1.80. The summed E-state index contributed by atoms with van der Waals surface area (Å²) in [4.78, 5) is 30.0. The second-order valence-corrected chi connectivity index (χ2v) is 8.97. The molecular formula is C26H35N3O2. The first-order chi connectivity index (χ1) is 14.8. The molecule has 166 valence electrons. The summed E-state index contributed by atoms with van der Waals surface area (Å²) in [5.74, 6) is -0.295. The number of piperidine rings is 1. The molecule has 0 bridgehead atoms. The van der Waals surface area contributed by atoms with Crippen LogP contribution in [0.15, 0.2) is 48.5 Å². The number of anilines is 1. The molecule has 2 aromatic rings. The summed E-state index contributed by atoms with van der Waals surface area (Å²) in [6, 6.07) is 15.4. The molecule has 1 atom stereocenters.